The van der Waals surface area contributed by atoms with E-state index in [1.807, 2.05) is 31.2 Å². The predicted molar refractivity (Wildman–Crippen MR) is 95.4 cm³/mol. The van der Waals surface area contributed by atoms with Crippen molar-refractivity contribution in [3.63, 3.8) is 0 Å². The van der Waals surface area contributed by atoms with Crippen LogP contribution in [0.3, 0.4) is 0 Å². The van der Waals surface area contributed by atoms with Gasteiger partial charge in [-0.1, -0.05) is 31.9 Å². The van der Waals surface area contributed by atoms with Crippen LogP contribution in [0.4, 0.5) is 4.79 Å². The number of urea groups is 1. The molecular formula is C18H24N4O3. The highest BCUT2D eigenvalue weighted by Gasteiger charge is 2.19. The summed E-state index contributed by atoms with van der Waals surface area (Å²) in [6.07, 6.45) is 4.93. The SMILES string of the molecule is CCCn1c(=O)n(CC(=O)NC(=O)NC2CCCC2)c2ccccc21. The van der Waals surface area contributed by atoms with Gasteiger partial charge in [-0.2, -0.15) is 0 Å². The van der Waals surface area contributed by atoms with Crippen LogP contribution in [0.5, 0.6) is 0 Å². The molecule has 0 bridgehead atoms. The van der Waals surface area contributed by atoms with Crippen molar-refractivity contribution in [2.45, 2.75) is 58.2 Å². The first-order chi connectivity index (χ1) is 12.1. The van der Waals surface area contributed by atoms with Crippen LogP contribution >= 0.6 is 0 Å². The number of aromatic nitrogens is 2. The second kappa shape index (κ2) is 7.55. The highest BCUT2D eigenvalue weighted by Crippen LogP contribution is 2.17. The van der Waals surface area contributed by atoms with E-state index in [0.717, 1.165) is 37.6 Å². The lowest BCUT2D eigenvalue weighted by Crippen LogP contribution is -2.45. The topological polar surface area (TPSA) is 85.1 Å². The third-order valence-electron chi connectivity index (χ3n) is 4.62. The van der Waals surface area contributed by atoms with Crippen LogP contribution in [0, 0.1) is 0 Å². The number of carbonyl (C=O) groups excluding carboxylic acids is 2. The van der Waals surface area contributed by atoms with Gasteiger partial charge in [-0.3, -0.25) is 19.2 Å². The Bertz CT molecular complexity index is 830. The van der Waals surface area contributed by atoms with Crippen LogP contribution in [0.1, 0.15) is 39.0 Å². The molecular weight excluding hydrogens is 320 g/mol. The Hall–Kier alpha value is -2.57. The second-order valence-corrected chi connectivity index (χ2v) is 6.51. The summed E-state index contributed by atoms with van der Waals surface area (Å²) in [5, 5.41) is 5.14. The van der Waals surface area contributed by atoms with Gasteiger partial charge >= 0.3 is 11.7 Å². The van der Waals surface area contributed by atoms with E-state index < -0.39 is 11.9 Å². The molecule has 3 amide bonds. The Morgan fingerprint density at radius 1 is 1.12 bits per heavy atom. The molecule has 1 aromatic heterocycles. The molecule has 0 unspecified atom stereocenters. The van der Waals surface area contributed by atoms with Crippen LogP contribution < -0.4 is 16.3 Å². The molecule has 0 radical (unpaired) electrons. The molecule has 1 aromatic carbocycles. The average molecular weight is 344 g/mol. The molecule has 1 fully saturated rings. The minimum atomic E-state index is -0.489. The van der Waals surface area contributed by atoms with E-state index in [4.69, 9.17) is 0 Å². The first-order valence-electron chi connectivity index (χ1n) is 8.88. The molecule has 0 spiro atoms. The van der Waals surface area contributed by atoms with Crippen molar-refractivity contribution in [2.75, 3.05) is 0 Å². The quantitative estimate of drug-likeness (QED) is 0.870. The molecule has 7 nitrogen and oxygen atoms in total. The molecule has 1 aliphatic carbocycles. The van der Waals surface area contributed by atoms with Gasteiger partial charge in [-0.15, -0.1) is 0 Å². The molecule has 1 heterocycles. The fourth-order valence-electron chi connectivity index (χ4n) is 3.47. The van der Waals surface area contributed by atoms with Crippen molar-refractivity contribution in [1.29, 1.82) is 0 Å². The van der Waals surface area contributed by atoms with Gasteiger partial charge in [0.1, 0.15) is 6.54 Å². The van der Waals surface area contributed by atoms with Gasteiger partial charge < -0.3 is 5.32 Å². The van der Waals surface area contributed by atoms with Crippen molar-refractivity contribution < 1.29 is 9.59 Å². The second-order valence-electron chi connectivity index (χ2n) is 6.51. The van der Waals surface area contributed by atoms with E-state index in [2.05, 4.69) is 10.6 Å². The summed E-state index contributed by atoms with van der Waals surface area (Å²) in [5.41, 5.74) is 1.28. The van der Waals surface area contributed by atoms with E-state index >= 15 is 0 Å². The van der Waals surface area contributed by atoms with Crippen LogP contribution in [-0.4, -0.2) is 27.1 Å². The summed E-state index contributed by atoms with van der Waals surface area (Å²) in [4.78, 5) is 36.8. The lowest BCUT2D eigenvalue weighted by molar-refractivity contribution is -0.120. The Labute approximate surface area is 146 Å². The van der Waals surface area contributed by atoms with Gasteiger partial charge in [-0.05, 0) is 31.4 Å². The fraction of sp³-hybridized carbons (Fsp3) is 0.500. The maximum atomic E-state index is 12.6. The Morgan fingerprint density at radius 2 is 1.76 bits per heavy atom. The van der Waals surface area contributed by atoms with Crippen molar-refractivity contribution in [1.82, 2.24) is 19.8 Å². The highest BCUT2D eigenvalue weighted by molar-refractivity contribution is 5.94. The number of hydrogen-bond donors (Lipinski definition) is 2. The summed E-state index contributed by atoms with van der Waals surface area (Å²) in [7, 11) is 0. The van der Waals surface area contributed by atoms with Gasteiger partial charge in [0.2, 0.25) is 5.91 Å². The summed E-state index contributed by atoms with van der Waals surface area (Å²) in [5.74, 6) is -0.489. The number of imidazole rings is 1. The molecule has 0 atom stereocenters. The maximum absolute atomic E-state index is 12.6. The van der Waals surface area contributed by atoms with Crippen molar-refractivity contribution >= 4 is 23.0 Å². The van der Waals surface area contributed by atoms with E-state index in [0.29, 0.717) is 12.1 Å². The van der Waals surface area contributed by atoms with Crippen molar-refractivity contribution in [3.8, 4) is 0 Å². The van der Waals surface area contributed by atoms with Gasteiger partial charge in [0.05, 0.1) is 11.0 Å². The summed E-state index contributed by atoms with van der Waals surface area (Å²) < 4.78 is 3.09. The first kappa shape index (κ1) is 17.3. The van der Waals surface area contributed by atoms with E-state index in [1.54, 1.807) is 4.57 Å². The molecule has 1 aliphatic rings. The van der Waals surface area contributed by atoms with Crippen LogP contribution in [0.25, 0.3) is 11.0 Å². The number of nitrogens with zero attached hydrogens (tertiary/aromatic N) is 2. The zero-order valence-electron chi connectivity index (χ0n) is 14.5. The van der Waals surface area contributed by atoms with Crippen LogP contribution in [0.2, 0.25) is 0 Å². The number of fused-ring (bicyclic) bond motifs is 1. The number of nitrogens with one attached hydrogen (secondary N) is 2. The molecule has 3 rings (SSSR count). The summed E-state index contributed by atoms with van der Waals surface area (Å²) >= 11 is 0. The van der Waals surface area contributed by atoms with E-state index in [-0.39, 0.29) is 18.3 Å². The number of benzene rings is 1. The Kier molecular flexibility index (Phi) is 5.21. The molecule has 0 saturated heterocycles. The zero-order chi connectivity index (χ0) is 17.8. The highest BCUT2D eigenvalue weighted by atomic mass is 16.2. The lowest BCUT2D eigenvalue weighted by Gasteiger charge is -2.12. The van der Waals surface area contributed by atoms with E-state index in [9.17, 15) is 14.4 Å². The van der Waals surface area contributed by atoms with Gasteiger partial charge in [0.25, 0.3) is 0 Å². The van der Waals surface area contributed by atoms with Crippen LogP contribution in [0.15, 0.2) is 29.1 Å². The van der Waals surface area contributed by atoms with Crippen LogP contribution in [-0.2, 0) is 17.9 Å². The van der Waals surface area contributed by atoms with Crippen molar-refractivity contribution in [2.24, 2.45) is 0 Å². The number of carbonyl (C=O) groups is 2. The third-order valence-corrected chi connectivity index (χ3v) is 4.62. The fourth-order valence-corrected chi connectivity index (χ4v) is 3.47. The molecule has 25 heavy (non-hydrogen) atoms. The predicted octanol–water partition coefficient (Wildman–Crippen LogP) is 1.98. The van der Waals surface area contributed by atoms with Gasteiger partial charge in [0, 0.05) is 12.6 Å². The standard InChI is InChI=1S/C18H24N4O3/c1-2-11-21-14-9-5-6-10-15(14)22(18(21)25)12-16(23)20-17(24)19-13-7-3-4-8-13/h5-6,9-10,13H,2-4,7-8,11-12H2,1H3,(H2,19,20,23,24). The lowest BCUT2D eigenvalue weighted by atomic mass is 10.2. The first-order valence-corrected chi connectivity index (χ1v) is 8.88. The molecule has 2 aromatic rings. The van der Waals surface area contributed by atoms with Gasteiger partial charge in [0.15, 0.2) is 0 Å². The minimum absolute atomic E-state index is 0.141. The van der Waals surface area contributed by atoms with E-state index in [1.165, 1.54) is 4.57 Å². The average Bonchev–Trinajstić information content (AvgIpc) is 3.17. The molecule has 2 N–H and O–H groups in total. The number of aryl methyl sites for hydroxylation is 1. The maximum Gasteiger partial charge on any atom is 0.329 e. The Morgan fingerprint density at radius 3 is 2.40 bits per heavy atom. The van der Waals surface area contributed by atoms with Gasteiger partial charge in [-0.25, -0.2) is 9.59 Å². The summed E-state index contributed by atoms with van der Waals surface area (Å²) in [6.45, 7) is 2.42. The molecule has 1 saturated carbocycles. The monoisotopic (exact) mass is 344 g/mol. The molecule has 7 heteroatoms. The number of amides is 3. The normalized spacial score (nSPS) is 14.8. The molecule has 134 valence electrons. The third kappa shape index (κ3) is 3.75. The number of rotatable bonds is 5. The zero-order valence-corrected chi connectivity index (χ0v) is 14.5. The number of hydrogen-bond acceptors (Lipinski definition) is 3. The smallest absolute Gasteiger partial charge is 0.329 e. The number of para-hydroxylation sites is 2. The largest absolute Gasteiger partial charge is 0.335 e. The number of imide groups is 1. The van der Waals surface area contributed by atoms with Crippen molar-refractivity contribution in [3.05, 3.63) is 34.7 Å². The minimum Gasteiger partial charge on any atom is -0.335 e. The molecule has 0 aliphatic heterocycles. The summed E-state index contributed by atoms with van der Waals surface area (Å²) in [6, 6.07) is 7.04. The Balaban J connectivity index is 1.73.